The van der Waals surface area contributed by atoms with Crippen LogP contribution in [0, 0.1) is 6.92 Å². The Kier molecular flexibility index (Phi) is 6.01. The first kappa shape index (κ1) is 16.4. The fraction of sp³-hybridized carbons (Fsp3) is 0.0476. The van der Waals surface area contributed by atoms with Crippen LogP contribution in [0.2, 0.25) is 0 Å². The molecular formula is C21H22N2. The van der Waals surface area contributed by atoms with Crippen LogP contribution in [0.1, 0.15) is 16.7 Å². The molecule has 3 aromatic carbocycles. The van der Waals surface area contributed by atoms with Crippen molar-refractivity contribution in [3.05, 3.63) is 95.6 Å². The highest BCUT2D eigenvalue weighted by Crippen LogP contribution is 2.21. The Morgan fingerprint density at radius 2 is 1.26 bits per heavy atom. The van der Waals surface area contributed by atoms with Crippen molar-refractivity contribution in [2.45, 2.75) is 6.92 Å². The van der Waals surface area contributed by atoms with Crippen LogP contribution in [0.15, 0.2) is 78.9 Å². The second-order valence-electron chi connectivity index (χ2n) is 5.25. The molecule has 2 nitrogen and oxygen atoms in total. The van der Waals surface area contributed by atoms with Gasteiger partial charge in [0, 0.05) is 0 Å². The van der Waals surface area contributed by atoms with Crippen molar-refractivity contribution in [3.8, 4) is 0 Å². The van der Waals surface area contributed by atoms with Gasteiger partial charge in [-0.2, -0.15) is 0 Å². The predicted molar refractivity (Wildman–Crippen MR) is 102 cm³/mol. The van der Waals surface area contributed by atoms with Crippen molar-refractivity contribution in [2.24, 2.45) is 0 Å². The van der Waals surface area contributed by atoms with Gasteiger partial charge in [-0.15, -0.1) is 0 Å². The van der Waals surface area contributed by atoms with Crippen LogP contribution >= 0.6 is 0 Å². The number of benzene rings is 3. The Bertz CT molecular complexity index is 747. The number of rotatable bonds is 2. The van der Waals surface area contributed by atoms with Gasteiger partial charge in [0.05, 0.1) is 11.4 Å². The first-order chi connectivity index (χ1) is 11.2. The third-order valence-electron chi connectivity index (χ3n) is 3.37. The van der Waals surface area contributed by atoms with Crippen molar-refractivity contribution in [1.82, 2.24) is 0 Å². The lowest BCUT2D eigenvalue weighted by atomic mass is 10.1. The van der Waals surface area contributed by atoms with Crippen LogP contribution in [0.4, 0.5) is 11.4 Å². The first-order valence-electron chi connectivity index (χ1n) is 7.55. The van der Waals surface area contributed by atoms with E-state index in [1.54, 1.807) is 6.07 Å². The molecule has 4 N–H and O–H groups in total. The molecule has 0 heterocycles. The molecule has 0 spiro atoms. The molecule has 116 valence electrons. The minimum Gasteiger partial charge on any atom is -0.397 e. The van der Waals surface area contributed by atoms with Gasteiger partial charge < -0.3 is 11.5 Å². The van der Waals surface area contributed by atoms with Crippen LogP contribution in [0.25, 0.3) is 12.2 Å². The fourth-order valence-electron chi connectivity index (χ4n) is 2.03. The SMILES string of the molecule is Cc1ccccc1.Nc1cccc(C=Cc2ccccc2)c1N. The van der Waals surface area contributed by atoms with E-state index in [2.05, 4.69) is 19.1 Å². The van der Waals surface area contributed by atoms with Crippen LogP contribution in [-0.2, 0) is 0 Å². The average Bonchev–Trinajstić information content (AvgIpc) is 2.58. The molecule has 0 saturated carbocycles. The summed E-state index contributed by atoms with van der Waals surface area (Å²) >= 11 is 0. The summed E-state index contributed by atoms with van der Waals surface area (Å²) in [5.74, 6) is 0. The van der Waals surface area contributed by atoms with E-state index in [9.17, 15) is 0 Å². The van der Waals surface area contributed by atoms with Crippen molar-refractivity contribution in [2.75, 3.05) is 11.5 Å². The van der Waals surface area contributed by atoms with Gasteiger partial charge >= 0.3 is 0 Å². The van der Waals surface area contributed by atoms with Gasteiger partial charge in [0.2, 0.25) is 0 Å². The molecule has 23 heavy (non-hydrogen) atoms. The Morgan fingerprint density at radius 3 is 1.83 bits per heavy atom. The van der Waals surface area contributed by atoms with Gasteiger partial charge in [-0.3, -0.25) is 0 Å². The monoisotopic (exact) mass is 302 g/mol. The summed E-state index contributed by atoms with van der Waals surface area (Å²) in [7, 11) is 0. The summed E-state index contributed by atoms with van der Waals surface area (Å²) < 4.78 is 0. The highest BCUT2D eigenvalue weighted by molar-refractivity contribution is 5.81. The zero-order chi connectivity index (χ0) is 16.5. The highest BCUT2D eigenvalue weighted by Gasteiger charge is 1.97. The summed E-state index contributed by atoms with van der Waals surface area (Å²) in [6, 6.07) is 26.0. The van der Waals surface area contributed by atoms with Gasteiger partial charge in [0.1, 0.15) is 0 Å². The lowest BCUT2D eigenvalue weighted by molar-refractivity contribution is 1.48. The van der Waals surface area contributed by atoms with E-state index in [4.69, 9.17) is 11.5 Å². The predicted octanol–water partition coefficient (Wildman–Crippen LogP) is 5.02. The van der Waals surface area contributed by atoms with Crippen molar-refractivity contribution >= 4 is 23.5 Å². The zero-order valence-electron chi connectivity index (χ0n) is 13.3. The lowest BCUT2D eigenvalue weighted by Crippen LogP contribution is -1.96. The van der Waals surface area contributed by atoms with Crippen molar-refractivity contribution < 1.29 is 0 Å². The van der Waals surface area contributed by atoms with E-state index < -0.39 is 0 Å². The molecule has 0 amide bonds. The minimum atomic E-state index is 0.621. The van der Waals surface area contributed by atoms with Crippen LogP contribution < -0.4 is 11.5 Å². The standard InChI is InChI=1S/C14H14N2.C7H8/c15-13-8-4-7-12(14(13)16)10-9-11-5-2-1-3-6-11;1-7-5-3-2-4-6-7/h1-10H,15-16H2;2-6H,1H3. The second-order valence-corrected chi connectivity index (χ2v) is 5.25. The van der Waals surface area contributed by atoms with E-state index in [1.165, 1.54) is 5.56 Å². The Morgan fingerprint density at radius 1 is 0.652 bits per heavy atom. The summed E-state index contributed by atoms with van der Waals surface area (Å²) in [5, 5.41) is 0. The summed E-state index contributed by atoms with van der Waals surface area (Å²) in [4.78, 5) is 0. The van der Waals surface area contributed by atoms with Crippen molar-refractivity contribution in [1.29, 1.82) is 0 Å². The van der Waals surface area contributed by atoms with Gasteiger partial charge in [-0.1, -0.05) is 90.5 Å². The second kappa shape index (κ2) is 8.44. The van der Waals surface area contributed by atoms with E-state index in [0.29, 0.717) is 11.4 Å². The highest BCUT2D eigenvalue weighted by atomic mass is 14.7. The zero-order valence-corrected chi connectivity index (χ0v) is 13.3. The van der Waals surface area contributed by atoms with Crippen LogP contribution in [0.3, 0.4) is 0 Å². The van der Waals surface area contributed by atoms with Crippen molar-refractivity contribution in [3.63, 3.8) is 0 Å². The molecule has 0 aliphatic carbocycles. The van der Waals surface area contributed by atoms with Gasteiger partial charge in [-0.25, -0.2) is 0 Å². The molecule has 0 atom stereocenters. The largest absolute Gasteiger partial charge is 0.397 e. The number of aryl methyl sites for hydroxylation is 1. The van der Waals surface area contributed by atoms with Gasteiger partial charge in [0.25, 0.3) is 0 Å². The molecule has 0 fully saturated rings. The molecule has 0 saturated heterocycles. The molecule has 0 aromatic heterocycles. The first-order valence-corrected chi connectivity index (χ1v) is 7.55. The van der Waals surface area contributed by atoms with Crippen LogP contribution in [0.5, 0.6) is 0 Å². The topological polar surface area (TPSA) is 52.0 Å². The molecule has 3 aromatic rings. The molecule has 0 aliphatic rings. The fourth-order valence-corrected chi connectivity index (χ4v) is 2.03. The maximum Gasteiger partial charge on any atom is 0.0621 e. The molecular weight excluding hydrogens is 280 g/mol. The third kappa shape index (κ3) is 5.36. The molecule has 0 bridgehead atoms. The number of hydrogen-bond donors (Lipinski definition) is 2. The Labute approximate surface area is 138 Å². The number of anilines is 2. The minimum absolute atomic E-state index is 0.621. The number of hydrogen-bond acceptors (Lipinski definition) is 2. The third-order valence-corrected chi connectivity index (χ3v) is 3.37. The Hall–Kier alpha value is -3.00. The quantitative estimate of drug-likeness (QED) is 0.516. The maximum atomic E-state index is 5.87. The summed E-state index contributed by atoms with van der Waals surface area (Å²) in [5.41, 5.74) is 16.3. The molecule has 0 radical (unpaired) electrons. The van der Waals surface area contributed by atoms with E-state index >= 15 is 0 Å². The van der Waals surface area contributed by atoms with Gasteiger partial charge in [0.15, 0.2) is 0 Å². The molecule has 2 heteroatoms. The van der Waals surface area contributed by atoms with Gasteiger partial charge in [-0.05, 0) is 24.1 Å². The number of nitrogen functional groups attached to an aromatic ring is 2. The van der Waals surface area contributed by atoms with E-state index in [1.807, 2.05) is 72.8 Å². The normalized spacial score (nSPS) is 10.1. The van der Waals surface area contributed by atoms with E-state index in [-0.39, 0.29) is 0 Å². The molecule has 0 aliphatic heterocycles. The average molecular weight is 302 g/mol. The lowest BCUT2D eigenvalue weighted by Gasteiger charge is -2.03. The number of para-hydroxylation sites is 1. The van der Waals surface area contributed by atoms with E-state index in [0.717, 1.165) is 11.1 Å². The van der Waals surface area contributed by atoms with Crippen LogP contribution in [-0.4, -0.2) is 0 Å². The summed E-state index contributed by atoms with van der Waals surface area (Å²) in [6.45, 7) is 2.08. The maximum absolute atomic E-state index is 5.87. The molecule has 0 unspecified atom stereocenters. The molecule has 3 rings (SSSR count). The Balaban J connectivity index is 0.000000229. The smallest absolute Gasteiger partial charge is 0.0621 e. The summed E-state index contributed by atoms with van der Waals surface area (Å²) in [6.07, 6.45) is 3.99. The number of nitrogens with two attached hydrogens (primary N) is 2.